The molecule has 0 atom stereocenters. The van der Waals surface area contributed by atoms with E-state index in [-0.39, 0.29) is 6.04 Å². The summed E-state index contributed by atoms with van der Waals surface area (Å²) in [6.07, 6.45) is 5.32. The van der Waals surface area contributed by atoms with Gasteiger partial charge in [-0.1, -0.05) is 35.2 Å². The summed E-state index contributed by atoms with van der Waals surface area (Å²) >= 11 is 9.31. The standard InChI is InChI=1S/C15H21BrClNO2S/c1-11-14(16)8-12(10-17)9-15(11)21(19,20)18(2)13-6-4-3-5-7-13/h8-9,13H,3-7,10H2,1-2H3. The molecule has 21 heavy (non-hydrogen) atoms. The third-order valence-corrected chi connectivity index (χ3v) is 7.43. The Kier molecular flexibility index (Phi) is 5.74. The highest BCUT2D eigenvalue weighted by Gasteiger charge is 2.30. The lowest BCUT2D eigenvalue weighted by atomic mass is 9.96. The molecule has 0 heterocycles. The van der Waals surface area contributed by atoms with Gasteiger partial charge in [0.15, 0.2) is 0 Å². The van der Waals surface area contributed by atoms with Gasteiger partial charge in [0.1, 0.15) is 0 Å². The second-order valence-electron chi connectivity index (χ2n) is 5.65. The molecule has 1 aliphatic carbocycles. The number of halogens is 2. The smallest absolute Gasteiger partial charge is 0.207 e. The Hall–Kier alpha value is -0.100. The Balaban J connectivity index is 2.40. The Morgan fingerprint density at radius 3 is 2.48 bits per heavy atom. The third-order valence-electron chi connectivity index (χ3n) is 4.26. The molecule has 0 aromatic heterocycles. The molecule has 0 saturated heterocycles. The molecule has 0 radical (unpaired) electrons. The van der Waals surface area contributed by atoms with Crippen molar-refractivity contribution in [3.63, 3.8) is 0 Å². The number of alkyl halides is 1. The van der Waals surface area contributed by atoms with Gasteiger partial charge in [0, 0.05) is 23.4 Å². The number of hydrogen-bond donors (Lipinski definition) is 0. The Morgan fingerprint density at radius 1 is 1.29 bits per heavy atom. The molecule has 0 N–H and O–H groups in total. The fourth-order valence-electron chi connectivity index (χ4n) is 2.85. The zero-order valence-electron chi connectivity index (χ0n) is 12.4. The van der Waals surface area contributed by atoms with E-state index in [0.29, 0.717) is 10.8 Å². The molecule has 0 unspecified atom stereocenters. The van der Waals surface area contributed by atoms with Gasteiger partial charge in [-0.05, 0) is 43.0 Å². The van der Waals surface area contributed by atoms with Crippen LogP contribution in [0.3, 0.4) is 0 Å². The Labute approximate surface area is 140 Å². The lowest BCUT2D eigenvalue weighted by Crippen LogP contribution is -2.38. The van der Waals surface area contributed by atoms with Gasteiger partial charge >= 0.3 is 0 Å². The highest BCUT2D eigenvalue weighted by Crippen LogP contribution is 2.31. The molecule has 1 fully saturated rings. The molecular formula is C15H21BrClNO2S. The molecule has 1 aliphatic rings. The first-order valence-corrected chi connectivity index (χ1v) is 9.97. The van der Waals surface area contributed by atoms with E-state index < -0.39 is 10.0 Å². The van der Waals surface area contributed by atoms with E-state index in [0.717, 1.165) is 41.3 Å². The predicted molar refractivity (Wildman–Crippen MR) is 90.3 cm³/mol. The van der Waals surface area contributed by atoms with Gasteiger partial charge in [0.05, 0.1) is 4.90 Å². The van der Waals surface area contributed by atoms with Gasteiger partial charge in [-0.3, -0.25) is 0 Å². The topological polar surface area (TPSA) is 37.4 Å². The highest BCUT2D eigenvalue weighted by molar-refractivity contribution is 9.10. The normalized spacial score (nSPS) is 17.4. The van der Waals surface area contributed by atoms with Crippen molar-refractivity contribution < 1.29 is 8.42 Å². The fraction of sp³-hybridized carbons (Fsp3) is 0.600. The Morgan fingerprint density at radius 2 is 1.90 bits per heavy atom. The molecule has 1 saturated carbocycles. The average Bonchev–Trinajstić information content (AvgIpc) is 2.49. The number of nitrogens with zero attached hydrogens (tertiary/aromatic N) is 1. The predicted octanol–water partition coefficient (Wildman–Crippen LogP) is 4.45. The monoisotopic (exact) mass is 393 g/mol. The lowest BCUT2D eigenvalue weighted by molar-refractivity contribution is 0.285. The van der Waals surface area contributed by atoms with Crippen LogP contribution >= 0.6 is 27.5 Å². The second kappa shape index (κ2) is 6.99. The van der Waals surface area contributed by atoms with Crippen LogP contribution in [-0.4, -0.2) is 25.8 Å². The lowest BCUT2D eigenvalue weighted by Gasteiger charge is -2.31. The van der Waals surface area contributed by atoms with Crippen LogP contribution in [0.4, 0.5) is 0 Å². The maximum absolute atomic E-state index is 12.9. The van der Waals surface area contributed by atoms with Crippen LogP contribution in [0.15, 0.2) is 21.5 Å². The van der Waals surface area contributed by atoms with Crippen LogP contribution in [-0.2, 0) is 15.9 Å². The van der Waals surface area contributed by atoms with E-state index in [9.17, 15) is 8.42 Å². The third kappa shape index (κ3) is 3.63. The summed E-state index contributed by atoms with van der Waals surface area (Å²) in [5.74, 6) is 0.300. The molecule has 0 amide bonds. The van der Waals surface area contributed by atoms with E-state index in [1.54, 1.807) is 17.4 Å². The van der Waals surface area contributed by atoms with Crippen molar-refractivity contribution in [3.8, 4) is 0 Å². The molecule has 6 heteroatoms. The molecule has 2 rings (SSSR count). The fourth-order valence-corrected chi connectivity index (χ4v) is 5.35. The number of benzene rings is 1. The van der Waals surface area contributed by atoms with Crippen LogP contribution < -0.4 is 0 Å². The van der Waals surface area contributed by atoms with Crippen LogP contribution in [0.2, 0.25) is 0 Å². The van der Waals surface area contributed by atoms with E-state index in [1.807, 2.05) is 13.0 Å². The molecular weight excluding hydrogens is 374 g/mol. The summed E-state index contributed by atoms with van der Waals surface area (Å²) in [5.41, 5.74) is 1.55. The van der Waals surface area contributed by atoms with Crippen molar-refractivity contribution in [2.75, 3.05) is 7.05 Å². The van der Waals surface area contributed by atoms with Gasteiger partial charge in [-0.25, -0.2) is 8.42 Å². The molecule has 0 bridgehead atoms. The number of hydrogen-bond acceptors (Lipinski definition) is 2. The zero-order valence-corrected chi connectivity index (χ0v) is 15.6. The largest absolute Gasteiger partial charge is 0.243 e. The first-order chi connectivity index (χ1) is 9.87. The molecule has 3 nitrogen and oxygen atoms in total. The summed E-state index contributed by atoms with van der Waals surface area (Å²) in [6, 6.07) is 3.69. The summed E-state index contributed by atoms with van der Waals surface area (Å²) in [7, 11) is -1.78. The highest BCUT2D eigenvalue weighted by atomic mass is 79.9. The maximum atomic E-state index is 12.9. The summed E-state index contributed by atoms with van der Waals surface area (Å²) in [4.78, 5) is 0.362. The van der Waals surface area contributed by atoms with Gasteiger partial charge < -0.3 is 0 Å². The van der Waals surface area contributed by atoms with Gasteiger partial charge in [0.25, 0.3) is 0 Å². The quantitative estimate of drug-likeness (QED) is 0.708. The molecule has 1 aromatic carbocycles. The molecule has 118 valence electrons. The van der Waals surface area contributed by atoms with Gasteiger partial charge in [-0.2, -0.15) is 4.31 Å². The van der Waals surface area contributed by atoms with Crippen molar-refractivity contribution >= 4 is 37.6 Å². The van der Waals surface area contributed by atoms with Crippen molar-refractivity contribution in [1.82, 2.24) is 4.31 Å². The molecule has 0 aliphatic heterocycles. The summed E-state index contributed by atoms with van der Waals surface area (Å²) < 4.78 is 28.2. The minimum absolute atomic E-state index is 0.113. The number of sulfonamides is 1. The Bertz CT molecular complexity index is 612. The first-order valence-electron chi connectivity index (χ1n) is 7.21. The van der Waals surface area contributed by atoms with E-state index in [4.69, 9.17) is 11.6 Å². The van der Waals surface area contributed by atoms with Gasteiger partial charge in [-0.15, -0.1) is 11.6 Å². The van der Waals surface area contributed by atoms with Gasteiger partial charge in [0.2, 0.25) is 10.0 Å². The van der Waals surface area contributed by atoms with Crippen LogP contribution in [0, 0.1) is 6.92 Å². The van der Waals surface area contributed by atoms with Crippen molar-refractivity contribution in [1.29, 1.82) is 0 Å². The van der Waals surface area contributed by atoms with Crippen LogP contribution in [0.1, 0.15) is 43.2 Å². The molecule has 1 aromatic rings. The van der Waals surface area contributed by atoms with E-state index in [1.165, 1.54) is 6.42 Å². The molecule has 0 spiro atoms. The van der Waals surface area contributed by atoms with E-state index in [2.05, 4.69) is 15.9 Å². The maximum Gasteiger partial charge on any atom is 0.243 e. The van der Waals surface area contributed by atoms with Crippen LogP contribution in [0.5, 0.6) is 0 Å². The van der Waals surface area contributed by atoms with Crippen molar-refractivity contribution in [3.05, 3.63) is 27.7 Å². The van der Waals surface area contributed by atoms with Crippen LogP contribution in [0.25, 0.3) is 0 Å². The SMILES string of the molecule is Cc1c(Br)cc(CCl)cc1S(=O)(=O)N(C)C1CCCCC1. The van der Waals surface area contributed by atoms with Crippen molar-refractivity contribution in [2.24, 2.45) is 0 Å². The zero-order chi connectivity index (χ0) is 15.6. The van der Waals surface area contributed by atoms with E-state index >= 15 is 0 Å². The minimum atomic E-state index is -3.48. The summed E-state index contributed by atoms with van der Waals surface area (Å²) in [5, 5.41) is 0. The van der Waals surface area contributed by atoms with Crippen molar-refractivity contribution in [2.45, 2.75) is 55.8 Å². The minimum Gasteiger partial charge on any atom is -0.207 e. The average molecular weight is 395 g/mol. The number of rotatable bonds is 4. The first kappa shape index (κ1) is 17.3. The summed E-state index contributed by atoms with van der Waals surface area (Å²) in [6.45, 7) is 1.82. The second-order valence-corrected chi connectivity index (χ2v) is 8.74.